The van der Waals surface area contributed by atoms with E-state index in [9.17, 15) is 9.59 Å². The van der Waals surface area contributed by atoms with Crippen LogP contribution in [-0.4, -0.2) is 11.6 Å². The molecular weight excluding hydrogens is 172 g/mol. The molecule has 0 amide bonds. The highest BCUT2D eigenvalue weighted by atomic mass is 16.6. The zero-order valence-electron chi connectivity index (χ0n) is 7.27. The summed E-state index contributed by atoms with van der Waals surface area (Å²) >= 11 is 0. The second kappa shape index (κ2) is 3.75. The van der Waals surface area contributed by atoms with Gasteiger partial charge in [-0.15, -0.1) is 5.11 Å². The van der Waals surface area contributed by atoms with Crippen LogP contribution in [0.25, 0.3) is 0 Å². The van der Waals surface area contributed by atoms with Gasteiger partial charge in [-0.05, 0) is 13.0 Å². The number of Topliss-reactive ketones (excluding diaryl/α,β-unsaturated/α-hetero) is 2. The van der Waals surface area contributed by atoms with Crippen molar-refractivity contribution < 1.29 is 14.4 Å². The van der Waals surface area contributed by atoms with Crippen molar-refractivity contribution in [2.75, 3.05) is 0 Å². The first-order valence-corrected chi connectivity index (χ1v) is 3.62. The van der Waals surface area contributed by atoms with Gasteiger partial charge >= 0.3 is 0 Å². The van der Waals surface area contributed by atoms with E-state index in [1.807, 2.05) is 0 Å². The Kier molecular flexibility index (Phi) is 2.69. The zero-order chi connectivity index (χ0) is 9.84. The van der Waals surface area contributed by atoms with Gasteiger partial charge in [0, 0.05) is 12.2 Å². The Labute approximate surface area is 74.7 Å². The summed E-state index contributed by atoms with van der Waals surface area (Å²) in [5.74, 6) is -0.560. The molecule has 1 aliphatic heterocycles. The predicted octanol–water partition coefficient (Wildman–Crippen LogP) is 1.33. The fraction of sp³-hybridized carbons (Fsp3) is 0.250. The largest absolute Gasteiger partial charge is 0.347 e. The van der Waals surface area contributed by atoms with Gasteiger partial charge in [0.1, 0.15) is 12.0 Å². The standard InChI is InChI=1S/C8H8N2O3/c1-5(11)7-3-4-13-10-9-8(7)6(2)12/h3-4H,1-2H3. The van der Waals surface area contributed by atoms with E-state index in [0.717, 1.165) is 0 Å². The van der Waals surface area contributed by atoms with Crippen LogP contribution in [0, 0.1) is 0 Å². The lowest BCUT2D eigenvalue weighted by Crippen LogP contribution is -2.03. The van der Waals surface area contributed by atoms with Gasteiger partial charge in [-0.25, -0.2) is 0 Å². The molecule has 1 heterocycles. The Bertz CT molecular complexity index is 307. The van der Waals surface area contributed by atoms with Crippen LogP contribution in [0.3, 0.4) is 0 Å². The molecule has 13 heavy (non-hydrogen) atoms. The molecule has 1 rings (SSSR count). The van der Waals surface area contributed by atoms with Gasteiger partial charge in [-0.1, -0.05) is 0 Å². The molecule has 0 aromatic rings. The summed E-state index contributed by atoms with van der Waals surface area (Å²) < 4.78 is 0. The van der Waals surface area contributed by atoms with E-state index in [1.54, 1.807) is 0 Å². The molecular formula is C8H8N2O3. The van der Waals surface area contributed by atoms with Crippen LogP contribution in [-0.2, 0) is 14.4 Å². The fourth-order valence-corrected chi connectivity index (χ4v) is 0.867. The number of nitrogens with zero attached hydrogens (tertiary/aromatic N) is 2. The molecule has 0 saturated carbocycles. The monoisotopic (exact) mass is 180 g/mol. The van der Waals surface area contributed by atoms with Crippen LogP contribution in [0.2, 0.25) is 0 Å². The highest BCUT2D eigenvalue weighted by Crippen LogP contribution is 2.14. The number of hydrogen-bond acceptors (Lipinski definition) is 5. The normalized spacial score (nSPS) is 15.2. The molecule has 0 saturated heterocycles. The zero-order valence-corrected chi connectivity index (χ0v) is 7.27. The Morgan fingerprint density at radius 3 is 2.54 bits per heavy atom. The lowest BCUT2D eigenvalue weighted by Gasteiger charge is -1.96. The van der Waals surface area contributed by atoms with E-state index in [1.165, 1.54) is 26.2 Å². The van der Waals surface area contributed by atoms with Gasteiger partial charge in [0.05, 0.1) is 5.57 Å². The van der Waals surface area contributed by atoms with Crippen molar-refractivity contribution in [3.05, 3.63) is 23.6 Å². The molecule has 0 atom stereocenters. The highest BCUT2D eigenvalue weighted by molar-refractivity contribution is 6.06. The second-order valence-electron chi connectivity index (χ2n) is 2.46. The Hall–Kier alpha value is -1.78. The molecule has 0 aliphatic carbocycles. The Morgan fingerprint density at radius 2 is 2.00 bits per heavy atom. The highest BCUT2D eigenvalue weighted by Gasteiger charge is 2.14. The molecule has 0 spiro atoms. The average Bonchev–Trinajstić information content (AvgIpc) is 2.27. The maximum atomic E-state index is 11.0. The van der Waals surface area contributed by atoms with Crippen LogP contribution < -0.4 is 0 Å². The van der Waals surface area contributed by atoms with Crippen molar-refractivity contribution >= 4 is 11.6 Å². The number of allylic oxidation sites excluding steroid dienone is 3. The fourth-order valence-electron chi connectivity index (χ4n) is 0.867. The van der Waals surface area contributed by atoms with Crippen LogP contribution in [0.1, 0.15) is 13.8 Å². The van der Waals surface area contributed by atoms with Crippen molar-refractivity contribution in [1.29, 1.82) is 0 Å². The molecule has 0 aromatic heterocycles. The summed E-state index contributed by atoms with van der Waals surface area (Å²) in [5, 5.41) is 6.69. The van der Waals surface area contributed by atoms with Crippen molar-refractivity contribution in [3.8, 4) is 0 Å². The van der Waals surface area contributed by atoms with Crippen molar-refractivity contribution in [1.82, 2.24) is 0 Å². The molecule has 0 N–H and O–H groups in total. The minimum Gasteiger partial charge on any atom is -0.347 e. The van der Waals surface area contributed by atoms with E-state index in [2.05, 4.69) is 15.2 Å². The van der Waals surface area contributed by atoms with E-state index < -0.39 is 0 Å². The number of hydrogen-bond donors (Lipinski definition) is 0. The lowest BCUT2D eigenvalue weighted by atomic mass is 10.1. The topological polar surface area (TPSA) is 68.1 Å². The Morgan fingerprint density at radius 1 is 1.31 bits per heavy atom. The number of ketones is 2. The third-order valence-corrected chi connectivity index (χ3v) is 1.45. The number of rotatable bonds is 2. The average molecular weight is 180 g/mol. The van der Waals surface area contributed by atoms with Crippen LogP contribution in [0.15, 0.2) is 34.0 Å². The third-order valence-electron chi connectivity index (χ3n) is 1.45. The minimum atomic E-state index is -0.316. The summed E-state index contributed by atoms with van der Waals surface area (Å²) in [6, 6.07) is 0. The molecule has 5 nitrogen and oxygen atoms in total. The second-order valence-corrected chi connectivity index (χ2v) is 2.46. The predicted molar refractivity (Wildman–Crippen MR) is 43.5 cm³/mol. The molecule has 5 heteroatoms. The van der Waals surface area contributed by atoms with Crippen LogP contribution >= 0.6 is 0 Å². The molecule has 1 aliphatic rings. The molecule has 68 valence electrons. The van der Waals surface area contributed by atoms with Crippen molar-refractivity contribution in [3.63, 3.8) is 0 Å². The lowest BCUT2D eigenvalue weighted by molar-refractivity contribution is -0.116. The Balaban J connectivity index is 3.23. The molecule has 0 unspecified atom stereocenters. The molecule has 0 fully saturated rings. The summed E-state index contributed by atoms with van der Waals surface area (Å²) in [4.78, 5) is 26.5. The quantitative estimate of drug-likeness (QED) is 0.643. The first-order chi connectivity index (χ1) is 6.13. The summed E-state index contributed by atoms with van der Waals surface area (Å²) in [5.41, 5.74) is 0.245. The van der Waals surface area contributed by atoms with Crippen molar-refractivity contribution in [2.24, 2.45) is 10.4 Å². The van der Waals surface area contributed by atoms with Gasteiger partial charge in [-0.2, -0.15) is 0 Å². The van der Waals surface area contributed by atoms with Gasteiger partial charge in [0.25, 0.3) is 0 Å². The summed E-state index contributed by atoms with van der Waals surface area (Å²) in [7, 11) is 0. The van der Waals surface area contributed by atoms with E-state index in [-0.39, 0.29) is 22.8 Å². The first kappa shape index (κ1) is 9.31. The first-order valence-electron chi connectivity index (χ1n) is 3.62. The maximum Gasteiger partial charge on any atom is 0.180 e. The number of carbonyl (C=O) groups is 2. The maximum absolute atomic E-state index is 11.0. The van der Waals surface area contributed by atoms with Gasteiger partial charge in [0.2, 0.25) is 0 Å². The van der Waals surface area contributed by atoms with Crippen LogP contribution in [0.4, 0.5) is 0 Å². The van der Waals surface area contributed by atoms with E-state index in [4.69, 9.17) is 0 Å². The molecule has 0 radical (unpaired) electrons. The molecule has 0 aromatic carbocycles. The smallest absolute Gasteiger partial charge is 0.180 e. The SMILES string of the molecule is CC(=O)C1=C(C(C)=O)N=NOC=C1. The minimum absolute atomic E-state index is 0.0289. The summed E-state index contributed by atoms with van der Waals surface area (Å²) in [6.07, 6.45) is 2.58. The van der Waals surface area contributed by atoms with Crippen molar-refractivity contribution in [2.45, 2.75) is 13.8 Å². The van der Waals surface area contributed by atoms with Gasteiger partial charge in [-0.3, -0.25) is 9.59 Å². The van der Waals surface area contributed by atoms with E-state index in [0.29, 0.717) is 0 Å². The van der Waals surface area contributed by atoms with E-state index >= 15 is 0 Å². The van der Waals surface area contributed by atoms with Gasteiger partial charge < -0.3 is 4.84 Å². The third kappa shape index (κ3) is 2.08. The molecule has 0 bridgehead atoms. The number of carbonyl (C=O) groups excluding carboxylic acids is 2. The van der Waals surface area contributed by atoms with Crippen LogP contribution in [0.5, 0.6) is 0 Å². The van der Waals surface area contributed by atoms with Gasteiger partial charge in [0.15, 0.2) is 11.6 Å². The summed E-state index contributed by atoms with van der Waals surface area (Å²) in [6.45, 7) is 2.67.